The van der Waals surface area contributed by atoms with Gasteiger partial charge in [-0.3, -0.25) is 9.69 Å². The predicted octanol–water partition coefficient (Wildman–Crippen LogP) is 5.58. The van der Waals surface area contributed by atoms with Gasteiger partial charge in [-0.1, -0.05) is 45.7 Å². The topological polar surface area (TPSA) is 45.2 Å². The van der Waals surface area contributed by atoms with Gasteiger partial charge in [-0.25, -0.2) is 4.98 Å². The van der Waals surface area contributed by atoms with Gasteiger partial charge in [0.05, 0.1) is 5.02 Å². The van der Waals surface area contributed by atoms with Gasteiger partial charge >= 0.3 is 0 Å². The third kappa shape index (κ3) is 2.97. The van der Waals surface area contributed by atoms with Crippen LogP contribution in [0.2, 0.25) is 5.02 Å². The summed E-state index contributed by atoms with van der Waals surface area (Å²) in [5.41, 5.74) is 3.65. The van der Waals surface area contributed by atoms with Crippen molar-refractivity contribution in [1.29, 1.82) is 0 Å². The molecule has 0 saturated heterocycles. The van der Waals surface area contributed by atoms with Crippen LogP contribution >= 0.6 is 27.5 Å². The van der Waals surface area contributed by atoms with Gasteiger partial charge < -0.3 is 5.32 Å². The molecule has 0 spiro atoms. The molecule has 0 radical (unpaired) electrons. The summed E-state index contributed by atoms with van der Waals surface area (Å²) < 4.78 is 1.04. The zero-order valence-corrected chi connectivity index (χ0v) is 16.3. The Labute approximate surface area is 164 Å². The number of benzene rings is 2. The van der Waals surface area contributed by atoms with Crippen molar-refractivity contribution in [3.05, 3.63) is 87.0 Å². The van der Waals surface area contributed by atoms with Crippen molar-refractivity contribution in [2.75, 3.05) is 10.2 Å². The molecule has 1 aliphatic heterocycles. The molecule has 2 aromatic carbocycles. The minimum atomic E-state index is -0.340. The van der Waals surface area contributed by atoms with Gasteiger partial charge in [-0.2, -0.15) is 0 Å². The Hall–Kier alpha value is -2.37. The highest BCUT2D eigenvalue weighted by Crippen LogP contribution is 2.37. The number of halogens is 2. The summed E-state index contributed by atoms with van der Waals surface area (Å²) in [6.45, 7) is 2.03. The molecule has 1 aliphatic rings. The van der Waals surface area contributed by atoms with Crippen molar-refractivity contribution in [3.63, 3.8) is 0 Å². The second-order valence-corrected chi connectivity index (χ2v) is 7.40. The van der Waals surface area contributed by atoms with Crippen LogP contribution in [0.4, 0.5) is 11.5 Å². The quantitative estimate of drug-likeness (QED) is 0.592. The van der Waals surface area contributed by atoms with Crippen LogP contribution in [0.1, 0.15) is 27.7 Å². The van der Waals surface area contributed by atoms with Crippen LogP contribution in [0, 0.1) is 6.92 Å². The van der Waals surface area contributed by atoms with Gasteiger partial charge in [0.15, 0.2) is 0 Å². The largest absolute Gasteiger partial charge is 0.361 e. The van der Waals surface area contributed by atoms with E-state index in [9.17, 15) is 4.79 Å². The average Bonchev–Trinajstić information content (AvgIpc) is 2.92. The van der Waals surface area contributed by atoms with Crippen molar-refractivity contribution in [1.82, 2.24) is 4.98 Å². The summed E-state index contributed by atoms with van der Waals surface area (Å²) in [6.07, 6.45) is 1.21. The highest BCUT2D eigenvalue weighted by Gasteiger charge is 2.38. The fourth-order valence-electron chi connectivity index (χ4n) is 3.10. The van der Waals surface area contributed by atoms with E-state index in [0.29, 0.717) is 16.4 Å². The molecule has 4 nitrogen and oxygen atoms in total. The zero-order valence-electron chi connectivity index (χ0n) is 13.9. The van der Waals surface area contributed by atoms with Crippen LogP contribution in [0.5, 0.6) is 0 Å². The summed E-state index contributed by atoms with van der Waals surface area (Å²) in [6, 6.07) is 17.1. The van der Waals surface area contributed by atoms with E-state index in [1.807, 2.05) is 49.4 Å². The van der Waals surface area contributed by atoms with Crippen molar-refractivity contribution < 1.29 is 4.79 Å². The van der Waals surface area contributed by atoms with Crippen LogP contribution in [-0.4, -0.2) is 10.9 Å². The lowest BCUT2D eigenvalue weighted by Crippen LogP contribution is -2.32. The molecule has 4 rings (SSSR count). The number of pyridine rings is 1. The second kappa shape index (κ2) is 6.74. The Bertz CT molecular complexity index is 991. The molecule has 0 bridgehead atoms. The van der Waals surface area contributed by atoms with Gasteiger partial charge in [-0.15, -0.1) is 0 Å². The van der Waals surface area contributed by atoms with E-state index in [2.05, 4.69) is 26.2 Å². The highest BCUT2D eigenvalue weighted by atomic mass is 79.9. The summed E-state index contributed by atoms with van der Waals surface area (Å²) in [5, 5.41) is 4.00. The normalized spacial score (nSPS) is 15.9. The summed E-state index contributed by atoms with van der Waals surface area (Å²) in [4.78, 5) is 19.0. The van der Waals surface area contributed by atoms with Crippen molar-refractivity contribution in [2.24, 2.45) is 0 Å². The molecule has 2 heterocycles. The highest BCUT2D eigenvalue weighted by molar-refractivity contribution is 9.10. The van der Waals surface area contributed by atoms with Gasteiger partial charge in [0, 0.05) is 27.5 Å². The first-order chi connectivity index (χ1) is 12.5. The minimum absolute atomic E-state index is 0.0817. The van der Waals surface area contributed by atoms with Crippen LogP contribution < -0.4 is 10.2 Å². The molecule has 1 amide bonds. The van der Waals surface area contributed by atoms with E-state index >= 15 is 0 Å². The lowest BCUT2D eigenvalue weighted by Gasteiger charge is -2.26. The number of aromatic nitrogens is 1. The second-order valence-electron chi connectivity index (χ2n) is 6.11. The number of hydrogen-bond acceptors (Lipinski definition) is 3. The lowest BCUT2D eigenvalue weighted by atomic mass is 10.1. The molecule has 26 heavy (non-hydrogen) atoms. The molecular formula is C20H15BrClN3O. The summed E-state index contributed by atoms with van der Waals surface area (Å²) in [5.74, 6) is 0.476. The summed E-state index contributed by atoms with van der Waals surface area (Å²) in [7, 11) is 0. The van der Waals surface area contributed by atoms with E-state index in [1.165, 1.54) is 0 Å². The number of nitrogens with zero attached hydrogens (tertiary/aromatic N) is 2. The third-order valence-electron chi connectivity index (χ3n) is 4.38. The van der Waals surface area contributed by atoms with Gasteiger partial charge in [-0.05, 0) is 48.9 Å². The number of carbonyl (C=O) groups is 1. The first kappa shape index (κ1) is 17.1. The first-order valence-electron chi connectivity index (χ1n) is 8.11. The molecule has 1 N–H and O–H groups in total. The Kier molecular flexibility index (Phi) is 4.42. The van der Waals surface area contributed by atoms with Gasteiger partial charge in [0.25, 0.3) is 5.91 Å². The number of anilines is 2. The van der Waals surface area contributed by atoms with Gasteiger partial charge in [0.2, 0.25) is 0 Å². The first-order valence-corrected chi connectivity index (χ1v) is 9.28. The number of amides is 1. The lowest BCUT2D eigenvalue weighted by molar-refractivity contribution is 0.0992. The summed E-state index contributed by atoms with van der Waals surface area (Å²) >= 11 is 9.47. The number of aryl methyl sites for hydroxylation is 1. The number of hydrogen-bond donors (Lipinski definition) is 1. The SMILES string of the molecule is Cc1cc(N[C@H]2c3ccccc3C(=O)N2c2ccc(Cl)cn2)ccc1Br. The average molecular weight is 429 g/mol. The molecule has 1 atom stereocenters. The fraction of sp³-hybridized carbons (Fsp3) is 0.100. The van der Waals surface area contributed by atoms with E-state index in [0.717, 1.165) is 21.3 Å². The number of nitrogens with one attached hydrogen (secondary N) is 1. The van der Waals surface area contributed by atoms with Crippen LogP contribution in [0.25, 0.3) is 0 Å². The number of rotatable bonds is 3. The van der Waals surface area contributed by atoms with E-state index < -0.39 is 0 Å². The standard InChI is InChI=1S/C20H15BrClN3O/c1-12-10-14(7-8-17(12)21)24-19-15-4-2-3-5-16(15)20(26)25(19)18-9-6-13(22)11-23-18/h2-11,19,24H,1H3/t19-/m1/s1. The van der Waals surface area contributed by atoms with E-state index in [1.54, 1.807) is 23.2 Å². The Morgan fingerprint density at radius 1 is 1.15 bits per heavy atom. The molecule has 0 aliphatic carbocycles. The molecule has 130 valence electrons. The van der Waals surface area contributed by atoms with Crippen LogP contribution in [0.3, 0.4) is 0 Å². The predicted molar refractivity (Wildman–Crippen MR) is 108 cm³/mol. The molecule has 0 unspecified atom stereocenters. The maximum atomic E-state index is 13.0. The molecule has 0 fully saturated rings. The molecule has 1 aromatic heterocycles. The van der Waals surface area contributed by atoms with Crippen LogP contribution in [-0.2, 0) is 0 Å². The number of carbonyl (C=O) groups excluding carboxylic acids is 1. The molecule has 0 saturated carbocycles. The van der Waals surface area contributed by atoms with E-state index in [4.69, 9.17) is 11.6 Å². The maximum Gasteiger partial charge on any atom is 0.261 e. The Balaban J connectivity index is 1.77. The molecular weight excluding hydrogens is 414 g/mol. The van der Waals surface area contributed by atoms with Crippen LogP contribution in [0.15, 0.2) is 65.3 Å². The monoisotopic (exact) mass is 427 g/mol. The third-order valence-corrected chi connectivity index (χ3v) is 5.50. The Morgan fingerprint density at radius 3 is 2.69 bits per heavy atom. The Morgan fingerprint density at radius 2 is 1.96 bits per heavy atom. The molecule has 6 heteroatoms. The smallest absolute Gasteiger partial charge is 0.261 e. The van der Waals surface area contributed by atoms with E-state index in [-0.39, 0.29) is 12.1 Å². The fourth-order valence-corrected chi connectivity index (χ4v) is 3.46. The zero-order chi connectivity index (χ0) is 18.3. The van der Waals surface area contributed by atoms with Crippen molar-refractivity contribution in [3.8, 4) is 0 Å². The van der Waals surface area contributed by atoms with Crippen molar-refractivity contribution in [2.45, 2.75) is 13.1 Å². The molecule has 3 aromatic rings. The number of fused-ring (bicyclic) bond motifs is 1. The maximum absolute atomic E-state index is 13.0. The van der Waals surface area contributed by atoms with Gasteiger partial charge in [0.1, 0.15) is 12.0 Å². The minimum Gasteiger partial charge on any atom is -0.361 e. The van der Waals surface area contributed by atoms with Crippen molar-refractivity contribution >= 4 is 44.9 Å².